The molecule has 1 atom stereocenters. The van der Waals surface area contributed by atoms with Gasteiger partial charge in [0.05, 0.1) is 0 Å². The Morgan fingerprint density at radius 1 is 1.21 bits per heavy atom. The van der Waals surface area contributed by atoms with Crippen molar-refractivity contribution in [2.75, 3.05) is 18.1 Å². The second-order valence-corrected chi connectivity index (χ2v) is 3.46. The van der Waals surface area contributed by atoms with Crippen molar-refractivity contribution in [3.63, 3.8) is 0 Å². The topological polar surface area (TPSA) is 69.7 Å². The minimum Gasteiger partial charge on any atom is -0.464 e. The van der Waals surface area contributed by atoms with Gasteiger partial charge in [0.2, 0.25) is 0 Å². The third-order valence-corrected chi connectivity index (χ3v) is 2.41. The number of ether oxygens (including phenoxy) is 2. The van der Waals surface area contributed by atoms with E-state index in [2.05, 4.69) is 9.47 Å². The molecule has 0 saturated carbocycles. The molecule has 0 fully saturated rings. The van der Waals surface area contributed by atoms with Crippen molar-refractivity contribution in [1.82, 2.24) is 0 Å². The molecule has 5 nitrogen and oxygen atoms in total. The molecule has 80 valence electrons. The minimum absolute atomic E-state index is 0.0519. The quantitative estimate of drug-likeness (QED) is 0.382. The van der Waals surface area contributed by atoms with Crippen LogP contribution in [-0.2, 0) is 23.9 Å². The molecule has 0 amide bonds. The van der Waals surface area contributed by atoms with Gasteiger partial charge in [-0.15, -0.1) is 0 Å². The van der Waals surface area contributed by atoms with Crippen molar-refractivity contribution >= 4 is 31.0 Å². The van der Waals surface area contributed by atoms with Crippen LogP contribution in [0.3, 0.4) is 0 Å². The van der Waals surface area contributed by atoms with Crippen LogP contribution >= 0.6 is 11.8 Å². The van der Waals surface area contributed by atoms with Gasteiger partial charge in [0, 0.05) is 17.9 Å². The van der Waals surface area contributed by atoms with Gasteiger partial charge in [0.25, 0.3) is 12.9 Å². The van der Waals surface area contributed by atoms with E-state index >= 15 is 0 Å². The molecule has 0 aromatic heterocycles. The maximum Gasteiger partial charge on any atom is 0.293 e. The first kappa shape index (κ1) is 13.0. The third kappa shape index (κ3) is 7.60. The molecule has 0 aliphatic carbocycles. The zero-order valence-corrected chi connectivity index (χ0v) is 8.40. The van der Waals surface area contributed by atoms with E-state index in [4.69, 9.17) is 0 Å². The van der Waals surface area contributed by atoms with Crippen LogP contribution in [0.15, 0.2) is 0 Å². The SMILES string of the molecule is O=CCCSCC(COC=O)OC=O. The molecule has 6 heteroatoms. The molecule has 0 N–H and O–H groups in total. The van der Waals surface area contributed by atoms with E-state index in [1.54, 1.807) is 0 Å². The molecule has 0 rings (SSSR count). The number of hydrogen-bond donors (Lipinski definition) is 0. The summed E-state index contributed by atoms with van der Waals surface area (Å²) in [7, 11) is 0. The maximum absolute atomic E-state index is 10.0. The first-order valence-electron chi connectivity index (χ1n) is 4.00. The molecular weight excluding hydrogens is 208 g/mol. The molecule has 0 saturated heterocycles. The lowest BCUT2D eigenvalue weighted by Crippen LogP contribution is -2.22. The molecule has 0 aliphatic rings. The second-order valence-electron chi connectivity index (χ2n) is 2.31. The number of carbonyl (C=O) groups is 3. The second kappa shape index (κ2) is 10.0. The smallest absolute Gasteiger partial charge is 0.293 e. The van der Waals surface area contributed by atoms with Crippen molar-refractivity contribution in [3.8, 4) is 0 Å². The van der Waals surface area contributed by atoms with Crippen molar-refractivity contribution in [3.05, 3.63) is 0 Å². The Hall–Kier alpha value is -1.04. The molecule has 0 bridgehead atoms. The summed E-state index contributed by atoms with van der Waals surface area (Å²) in [5.74, 6) is 1.18. The first-order valence-corrected chi connectivity index (χ1v) is 5.16. The van der Waals surface area contributed by atoms with Crippen LogP contribution in [-0.4, -0.2) is 43.4 Å². The Labute approximate surface area is 86.1 Å². The van der Waals surface area contributed by atoms with Crippen LogP contribution in [0.5, 0.6) is 0 Å². The summed E-state index contributed by atoms with van der Waals surface area (Å²) in [6, 6.07) is 0. The van der Waals surface area contributed by atoms with Crippen LogP contribution in [0.2, 0.25) is 0 Å². The van der Waals surface area contributed by atoms with Crippen molar-refractivity contribution in [2.45, 2.75) is 12.5 Å². The highest BCUT2D eigenvalue weighted by Crippen LogP contribution is 2.06. The predicted octanol–water partition coefficient (Wildman–Crippen LogP) is 0.0232. The Morgan fingerprint density at radius 3 is 2.57 bits per heavy atom. The molecule has 0 aliphatic heterocycles. The van der Waals surface area contributed by atoms with Crippen molar-refractivity contribution < 1.29 is 23.9 Å². The normalized spacial score (nSPS) is 11.4. The molecule has 0 aromatic rings. The van der Waals surface area contributed by atoms with Gasteiger partial charge in [-0.1, -0.05) is 0 Å². The molecule has 1 unspecified atom stereocenters. The highest BCUT2D eigenvalue weighted by molar-refractivity contribution is 7.99. The van der Waals surface area contributed by atoms with E-state index in [1.807, 2.05) is 0 Å². The van der Waals surface area contributed by atoms with Crippen LogP contribution in [0.4, 0.5) is 0 Å². The molecule has 0 radical (unpaired) electrons. The van der Waals surface area contributed by atoms with Gasteiger partial charge in [-0.25, -0.2) is 0 Å². The fourth-order valence-electron chi connectivity index (χ4n) is 0.698. The zero-order chi connectivity index (χ0) is 10.6. The highest BCUT2D eigenvalue weighted by Gasteiger charge is 2.09. The van der Waals surface area contributed by atoms with Gasteiger partial charge in [-0.3, -0.25) is 9.59 Å². The summed E-state index contributed by atoms with van der Waals surface area (Å²) in [6.07, 6.45) is 0.853. The third-order valence-electron chi connectivity index (χ3n) is 1.28. The average Bonchev–Trinajstić information content (AvgIpc) is 2.20. The van der Waals surface area contributed by atoms with Crippen LogP contribution in [0.1, 0.15) is 6.42 Å². The number of hydrogen-bond acceptors (Lipinski definition) is 6. The number of thioether (sulfide) groups is 1. The van der Waals surface area contributed by atoms with E-state index in [0.717, 1.165) is 6.29 Å². The monoisotopic (exact) mass is 220 g/mol. The Bertz CT molecular complexity index is 173. The predicted molar refractivity (Wildman–Crippen MR) is 51.0 cm³/mol. The molecule has 0 spiro atoms. The molecule has 0 heterocycles. The summed E-state index contributed by atoms with van der Waals surface area (Å²) in [5, 5.41) is 0. The van der Waals surface area contributed by atoms with Crippen molar-refractivity contribution in [1.29, 1.82) is 0 Å². The fourth-order valence-corrected chi connectivity index (χ4v) is 1.57. The largest absolute Gasteiger partial charge is 0.464 e. The van der Waals surface area contributed by atoms with E-state index in [1.165, 1.54) is 11.8 Å². The van der Waals surface area contributed by atoms with Gasteiger partial charge >= 0.3 is 0 Å². The van der Waals surface area contributed by atoms with Crippen LogP contribution in [0, 0.1) is 0 Å². The summed E-state index contributed by atoms with van der Waals surface area (Å²) in [4.78, 5) is 29.9. The van der Waals surface area contributed by atoms with E-state index in [-0.39, 0.29) is 6.61 Å². The van der Waals surface area contributed by atoms with Crippen LogP contribution in [0.25, 0.3) is 0 Å². The summed E-state index contributed by atoms with van der Waals surface area (Å²) in [6.45, 7) is 0.673. The van der Waals surface area contributed by atoms with Gasteiger partial charge < -0.3 is 14.3 Å². The van der Waals surface area contributed by atoms with Crippen LogP contribution < -0.4 is 0 Å². The van der Waals surface area contributed by atoms with Gasteiger partial charge in [-0.05, 0) is 0 Å². The average molecular weight is 220 g/mol. The highest BCUT2D eigenvalue weighted by atomic mass is 32.2. The lowest BCUT2D eigenvalue weighted by Gasteiger charge is -2.12. The number of aldehydes is 1. The van der Waals surface area contributed by atoms with E-state index < -0.39 is 6.10 Å². The first-order chi connectivity index (χ1) is 6.85. The molecule has 14 heavy (non-hydrogen) atoms. The molecule has 0 aromatic carbocycles. The minimum atomic E-state index is -0.436. The van der Waals surface area contributed by atoms with Crippen molar-refractivity contribution in [2.24, 2.45) is 0 Å². The number of carbonyl (C=O) groups excluding carboxylic acids is 3. The lowest BCUT2D eigenvalue weighted by molar-refractivity contribution is -0.141. The van der Waals surface area contributed by atoms with E-state index in [0.29, 0.717) is 30.9 Å². The lowest BCUT2D eigenvalue weighted by atomic mass is 10.4. The van der Waals surface area contributed by atoms with Gasteiger partial charge in [0.1, 0.15) is 19.0 Å². The van der Waals surface area contributed by atoms with Gasteiger partial charge in [-0.2, -0.15) is 11.8 Å². The van der Waals surface area contributed by atoms with Gasteiger partial charge in [0.15, 0.2) is 0 Å². The summed E-state index contributed by atoms with van der Waals surface area (Å²) in [5.41, 5.74) is 0. The summed E-state index contributed by atoms with van der Waals surface area (Å²) >= 11 is 1.47. The standard InChI is InChI=1S/C8H12O5S/c9-2-1-3-14-5-8(13-7-11)4-12-6-10/h2,6-8H,1,3-5H2. The zero-order valence-electron chi connectivity index (χ0n) is 7.59. The summed E-state index contributed by atoms with van der Waals surface area (Å²) < 4.78 is 9.11. The molecular formula is C8H12O5S. The Kier molecular flexibility index (Phi) is 9.30. The Morgan fingerprint density at radius 2 is 2.00 bits per heavy atom. The maximum atomic E-state index is 10.0. The van der Waals surface area contributed by atoms with E-state index in [9.17, 15) is 14.4 Å². The Balaban J connectivity index is 3.54. The fraction of sp³-hybridized carbons (Fsp3) is 0.625. The number of rotatable bonds is 10.